The van der Waals surface area contributed by atoms with Crippen LogP contribution in [0, 0.1) is 19.3 Å². The van der Waals surface area contributed by atoms with Crippen LogP contribution in [0.3, 0.4) is 0 Å². The average Bonchev–Trinajstić information content (AvgIpc) is 2.92. The Labute approximate surface area is 233 Å². The van der Waals surface area contributed by atoms with Crippen molar-refractivity contribution >= 4 is 40.6 Å². The van der Waals surface area contributed by atoms with Crippen molar-refractivity contribution in [3.05, 3.63) is 52.7 Å². The molecule has 0 radical (unpaired) electrons. The molecule has 1 unspecified atom stereocenters. The Morgan fingerprint density at radius 3 is 2.42 bits per heavy atom. The Hall–Kier alpha value is -4.72. The van der Waals surface area contributed by atoms with Crippen molar-refractivity contribution in [2.45, 2.75) is 58.4 Å². The number of anilines is 2. The second-order valence-electron chi connectivity index (χ2n) is 9.13. The number of rotatable bonds is 12. The van der Waals surface area contributed by atoms with E-state index in [0.29, 0.717) is 29.4 Å². The lowest BCUT2D eigenvalue weighted by Gasteiger charge is -2.19. The molecule has 1 amide bonds. The van der Waals surface area contributed by atoms with Crippen molar-refractivity contribution in [3.8, 4) is 12.3 Å². The maximum absolute atomic E-state index is 12.9. The highest BCUT2D eigenvalue weighted by Crippen LogP contribution is 2.30. The molecule has 11 nitrogen and oxygen atoms in total. The monoisotopic (exact) mass is 546 g/mol. The Bertz CT molecular complexity index is 1420. The molecular formula is C29H34N6O5. The van der Waals surface area contributed by atoms with E-state index in [4.69, 9.17) is 27.4 Å². The third-order valence-corrected chi connectivity index (χ3v) is 6.43. The fourth-order valence-electron chi connectivity index (χ4n) is 4.39. The van der Waals surface area contributed by atoms with Gasteiger partial charge in [-0.05, 0) is 68.4 Å². The number of hydrogen-bond acceptors (Lipinski definition) is 10. The van der Waals surface area contributed by atoms with Crippen LogP contribution in [0.5, 0.6) is 0 Å². The maximum Gasteiger partial charge on any atom is 0.328 e. The molecule has 1 aromatic carbocycles. The predicted octanol–water partition coefficient (Wildman–Crippen LogP) is 2.85. The van der Waals surface area contributed by atoms with Crippen LogP contribution in [-0.2, 0) is 25.5 Å². The number of nitrogens with zero attached hydrogens (tertiary/aromatic N) is 3. The van der Waals surface area contributed by atoms with Crippen LogP contribution >= 0.6 is 0 Å². The van der Waals surface area contributed by atoms with Gasteiger partial charge in [0.1, 0.15) is 11.9 Å². The van der Waals surface area contributed by atoms with Gasteiger partial charge in [-0.1, -0.05) is 12.1 Å². The number of aromatic nitrogens is 3. The highest BCUT2D eigenvalue weighted by atomic mass is 16.5. The zero-order valence-electron chi connectivity index (χ0n) is 22.9. The quantitative estimate of drug-likeness (QED) is 0.226. The number of esters is 2. The first kappa shape index (κ1) is 29.8. The largest absolute Gasteiger partial charge is 0.466 e. The number of carbonyl (C=O) groups excluding carboxylic acids is 3. The summed E-state index contributed by atoms with van der Waals surface area (Å²) in [7, 11) is 0. The van der Waals surface area contributed by atoms with Crippen molar-refractivity contribution < 1.29 is 23.9 Å². The molecular weight excluding hydrogens is 512 g/mol. The number of amides is 1. The number of terminal acetylenes is 1. The molecule has 0 saturated heterocycles. The standard InChI is InChI=1S/C29H34N6O5/c1-5-8-20(15-21-16-32-26-24(17(21)4)25(30)34-29(31)35-26)18-9-11-19(12-10-18)27(37)33-22(28(38)40-7-3)13-14-23(36)39-6-2/h1,9-12,16,20,22H,6-8,13-15H2,2-4H3,(H,33,37)(H4,30,31,32,34,35)/t20?,22-/m0/s1. The van der Waals surface area contributed by atoms with E-state index in [2.05, 4.69) is 26.2 Å². The highest BCUT2D eigenvalue weighted by Gasteiger charge is 2.24. The van der Waals surface area contributed by atoms with E-state index in [1.807, 2.05) is 19.1 Å². The third kappa shape index (κ3) is 7.44. The van der Waals surface area contributed by atoms with Gasteiger partial charge >= 0.3 is 11.9 Å². The van der Waals surface area contributed by atoms with Gasteiger partial charge in [0.15, 0.2) is 5.65 Å². The van der Waals surface area contributed by atoms with Crippen LogP contribution in [0.15, 0.2) is 30.5 Å². The molecule has 0 spiro atoms. The van der Waals surface area contributed by atoms with Gasteiger partial charge in [0, 0.05) is 24.6 Å². The lowest BCUT2D eigenvalue weighted by molar-refractivity contribution is -0.146. The molecule has 0 bridgehead atoms. The van der Waals surface area contributed by atoms with E-state index < -0.39 is 23.9 Å². The number of carbonyl (C=O) groups is 3. The number of nitrogens with two attached hydrogens (primary N) is 2. The molecule has 2 atom stereocenters. The molecule has 2 heterocycles. The van der Waals surface area contributed by atoms with E-state index in [1.165, 1.54) is 0 Å². The van der Waals surface area contributed by atoms with E-state index in [9.17, 15) is 14.4 Å². The van der Waals surface area contributed by atoms with Gasteiger partial charge in [-0.3, -0.25) is 9.59 Å². The number of nitrogen functional groups attached to an aromatic ring is 2. The molecule has 0 aliphatic rings. The zero-order chi connectivity index (χ0) is 29.2. The van der Waals surface area contributed by atoms with Gasteiger partial charge in [0.2, 0.25) is 5.95 Å². The molecule has 0 saturated carbocycles. The molecule has 3 aromatic rings. The van der Waals surface area contributed by atoms with E-state index >= 15 is 0 Å². The zero-order valence-corrected chi connectivity index (χ0v) is 22.9. The number of aryl methyl sites for hydroxylation is 1. The molecule has 0 aliphatic carbocycles. The van der Waals surface area contributed by atoms with Gasteiger partial charge in [-0.25, -0.2) is 9.78 Å². The fraction of sp³-hybridized carbons (Fsp3) is 0.379. The first-order valence-electron chi connectivity index (χ1n) is 13.0. The smallest absolute Gasteiger partial charge is 0.328 e. The summed E-state index contributed by atoms with van der Waals surface area (Å²) in [4.78, 5) is 49.7. The number of hydrogen-bond donors (Lipinski definition) is 3. The van der Waals surface area contributed by atoms with E-state index in [0.717, 1.165) is 16.7 Å². The maximum atomic E-state index is 12.9. The van der Waals surface area contributed by atoms with Crippen molar-refractivity contribution in [1.29, 1.82) is 0 Å². The first-order chi connectivity index (χ1) is 19.2. The first-order valence-corrected chi connectivity index (χ1v) is 13.0. The fourth-order valence-corrected chi connectivity index (χ4v) is 4.39. The summed E-state index contributed by atoms with van der Waals surface area (Å²) in [6, 6.07) is 6.01. The van der Waals surface area contributed by atoms with Crippen LogP contribution in [0.2, 0.25) is 0 Å². The predicted molar refractivity (Wildman–Crippen MR) is 151 cm³/mol. The highest BCUT2D eigenvalue weighted by molar-refractivity contribution is 5.97. The van der Waals surface area contributed by atoms with Crippen LogP contribution in [0.25, 0.3) is 11.0 Å². The molecule has 3 rings (SSSR count). The van der Waals surface area contributed by atoms with E-state index in [1.54, 1.807) is 32.2 Å². The number of fused-ring (bicyclic) bond motifs is 1. The normalized spacial score (nSPS) is 12.2. The number of nitrogens with one attached hydrogen (secondary N) is 1. The van der Waals surface area contributed by atoms with Crippen molar-refractivity contribution in [2.24, 2.45) is 0 Å². The van der Waals surface area contributed by atoms with Crippen LogP contribution < -0.4 is 16.8 Å². The summed E-state index contributed by atoms with van der Waals surface area (Å²) in [6.45, 7) is 5.67. The molecule has 2 aromatic heterocycles. The minimum Gasteiger partial charge on any atom is -0.466 e. The van der Waals surface area contributed by atoms with Crippen molar-refractivity contribution in [2.75, 3.05) is 24.7 Å². The molecule has 40 heavy (non-hydrogen) atoms. The van der Waals surface area contributed by atoms with Crippen LogP contribution in [0.4, 0.5) is 11.8 Å². The van der Waals surface area contributed by atoms with Gasteiger partial charge < -0.3 is 26.3 Å². The summed E-state index contributed by atoms with van der Waals surface area (Å²) in [6.07, 6.45) is 8.48. The molecule has 11 heteroatoms. The third-order valence-electron chi connectivity index (χ3n) is 6.43. The minimum absolute atomic E-state index is 0.0293. The number of benzene rings is 1. The van der Waals surface area contributed by atoms with Crippen molar-refractivity contribution in [3.63, 3.8) is 0 Å². The summed E-state index contributed by atoms with van der Waals surface area (Å²) < 4.78 is 9.98. The van der Waals surface area contributed by atoms with Crippen molar-refractivity contribution in [1.82, 2.24) is 20.3 Å². The second-order valence-corrected chi connectivity index (χ2v) is 9.13. The van der Waals surface area contributed by atoms with Crippen LogP contribution in [-0.4, -0.2) is 52.1 Å². The molecule has 0 aliphatic heterocycles. The minimum atomic E-state index is -0.985. The summed E-state index contributed by atoms with van der Waals surface area (Å²) in [5.41, 5.74) is 15.3. The van der Waals surface area contributed by atoms with Gasteiger partial charge in [-0.2, -0.15) is 9.97 Å². The average molecular weight is 547 g/mol. The lowest BCUT2D eigenvalue weighted by atomic mass is 9.87. The SMILES string of the molecule is C#CCC(Cc1cnc2nc(N)nc(N)c2c1C)c1ccc(C(=O)N[C@@H](CCC(=O)OCC)C(=O)OCC)cc1. The summed E-state index contributed by atoms with van der Waals surface area (Å²) in [5.74, 6) is 1.46. The topological polar surface area (TPSA) is 172 Å². The Balaban J connectivity index is 1.77. The molecule has 0 fully saturated rings. The Morgan fingerprint density at radius 1 is 1.07 bits per heavy atom. The summed E-state index contributed by atoms with van der Waals surface area (Å²) in [5, 5.41) is 3.32. The Kier molecular flexibility index (Phi) is 10.4. The summed E-state index contributed by atoms with van der Waals surface area (Å²) >= 11 is 0. The second kappa shape index (κ2) is 13.9. The molecule has 210 valence electrons. The number of pyridine rings is 1. The molecule has 5 N–H and O–H groups in total. The van der Waals surface area contributed by atoms with E-state index in [-0.39, 0.29) is 43.7 Å². The lowest BCUT2D eigenvalue weighted by Crippen LogP contribution is -2.42. The van der Waals surface area contributed by atoms with Gasteiger partial charge in [0.05, 0.1) is 18.6 Å². The van der Waals surface area contributed by atoms with Gasteiger partial charge in [-0.15, -0.1) is 12.3 Å². The Morgan fingerprint density at radius 2 is 1.77 bits per heavy atom. The number of ether oxygens (including phenoxy) is 2. The van der Waals surface area contributed by atoms with Crippen LogP contribution in [0.1, 0.15) is 66.1 Å². The van der Waals surface area contributed by atoms with Gasteiger partial charge in [0.25, 0.3) is 5.91 Å².